The van der Waals surface area contributed by atoms with Crippen molar-refractivity contribution in [1.29, 1.82) is 0 Å². The summed E-state index contributed by atoms with van der Waals surface area (Å²) in [5.41, 5.74) is 12.7. The van der Waals surface area contributed by atoms with Crippen LogP contribution in [0.4, 0.5) is 5.69 Å². The molecule has 0 saturated heterocycles. The van der Waals surface area contributed by atoms with Gasteiger partial charge in [-0.15, -0.1) is 0 Å². The zero-order valence-corrected chi connectivity index (χ0v) is 21.7. The molecule has 38 heavy (non-hydrogen) atoms. The van der Waals surface area contributed by atoms with Crippen LogP contribution in [0, 0.1) is 13.8 Å². The SMILES string of the molecule is Cc1cc([C@@H](C)Nc2c(Cc3ccccc3)cccc2C(N)=O)c2oc(-c3ccccc3)c(C)c(=O)c2c1. The van der Waals surface area contributed by atoms with E-state index in [-0.39, 0.29) is 11.5 Å². The molecule has 1 amide bonds. The molecule has 1 aromatic heterocycles. The highest BCUT2D eigenvalue weighted by Crippen LogP contribution is 2.34. The van der Waals surface area contributed by atoms with Crippen molar-refractivity contribution in [2.45, 2.75) is 33.2 Å². The highest BCUT2D eigenvalue weighted by Gasteiger charge is 2.21. The van der Waals surface area contributed by atoms with Crippen molar-refractivity contribution in [3.8, 4) is 11.3 Å². The number of rotatable bonds is 7. The van der Waals surface area contributed by atoms with Gasteiger partial charge in [-0.1, -0.05) is 78.9 Å². The Kier molecular flexibility index (Phi) is 6.84. The lowest BCUT2D eigenvalue weighted by Gasteiger charge is -2.22. The number of hydrogen-bond acceptors (Lipinski definition) is 4. The van der Waals surface area contributed by atoms with Gasteiger partial charge in [0, 0.05) is 16.7 Å². The Labute approximate surface area is 221 Å². The van der Waals surface area contributed by atoms with Gasteiger partial charge in [-0.3, -0.25) is 9.59 Å². The Morgan fingerprint density at radius 2 is 1.61 bits per heavy atom. The van der Waals surface area contributed by atoms with Gasteiger partial charge < -0.3 is 15.5 Å². The number of hydrogen-bond donors (Lipinski definition) is 2. The summed E-state index contributed by atoms with van der Waals surface area (Å²) in [6.45, 7) is 5.77. The summed E-state index contributed by atoms with van der Waals surface area (Å²) >= 11 is 0. The first-order chi connectivity index (χ1) is 18.3. The highest BCUT2D eigenvalue weighted by molar-refractivity contribution is 5.99. The Morgan fingerprint density at radius 1 is 0.921 bits per heavy atom. The standard InChI is InChI=1S/C33H30N2O3/c1-20-17-27(32-28(18-20)30(36)21(2)31(38-32)24-13-8-5-9-14-24)22(3)35-29-25(15-10-16-26(29)33(34)37)19-23-11-6-4-7-12-23/h4-18,22,35H,19H2,1-3H3,(H2,34,37)/t22-/m1/s1. The maximum Gasteiger partial charge on any atom is 0.250 e. The van der Waals surface area contributed by atoms with E-state index in [2.05, 4.69) is 17.4 Å². The number of fused-ring (bicyclic) bond motifs is 1. The molecule has 5 heteroatoms. The van der Waals surface area contributed by atoms with E-state index in [4.69, 9.17) is 10.2 Å². The first kappa shape index (κ1) is 25.0. The molecule has 5 nitrogen and oxygen atoms in total. The molecule has 190 valence electrons. The van der Waals surface area contributed by atoms with Gasteiger partial charge in [-0.25, -0.2) is 0 Å². The Bertz CT molecular complexity index is 1690. The maximum atomic E-state index is 13.5. The largest absolute Gasteiger partial charge is 0.455 e. The lowest BCUT2D eigenvalue weighted by atomic mass is 9.96. The molecule has 5 aromatic rings. The minimum Gasteiger partial charge on any atom is -0.455 e. The number of para-hydroxylation sites is 1. The van der Waals surface area contributed by atoms with Crippen molar-refractivity contribution < 1.29 is 9.21 Å². The topological polar surface area (TPSA) is 85.3 Å². The van der Waals surface area contributed by atoms with Gasteiger partial charge in [0.05, 0.1) is 22.7 Å². The molecule has 3 N–H and O–H groups in total. The second-order valence-electron chi connectivity index (χ2n) is 9.71. The summed E-state index contributed by atoms with van der Waals surface area (Å²) in [6.07, 6.45) is 0.637. The fraction of sp³-hybridized carbons (Fsp3) is 0.152. The van der Waals surface area contributed by atoms with Crippen LogP contribution in [-0.2, 0) is 6.42 Å². The molecular formula is C33H30N2O3. The van der Waals surface area contributed by atoms with Crippen LogP contribution in [0.25, 0.3) is 22.3 Å². The van der Waals surface area contributed by atoms with E-state index in [9.17, 15) is 9.59 Å². The van der Waals surface area contributed by atoms with Gasteiger partial charge in [0.15, 0.2) is 5.43 Å². The normalized spacial score (nSPS) is 11.9. The molecule has 1 heterocycles. The van der Waals surface area contributed by atoms with E-state index in [1.165, 1.54) is 0 Å². The lowest BCUT2D eigenvalue weighted by Crippen LogP contribution is -2.18. The van der Waals surface area contributed by atoms with E-state index in [1.54, 1.807) is 13.0 Å². The molecule has 0 aliphatic heterocycles. The number of carbonyl (C=O) groups is 1. The number of benzene rings is 4. The average Bonchev–Trinajstić information content (AvgIpc) is 2.92. The predicted molar refractivity (Wildman–Crippen MR) is 154 cm³/mol. The molecule has 0 radical (unpaired) electrons. The molecule has 0 saturated carbocycles. The van der Waals surface area contributed by atoms with Crippen LogP contribution in [0.15, 0.2) is 100 Å². The van der Waals surface area contributed by atoms with Crippen molar-refractivity contribution in [2.24, 2.45) is 5.73 Å². The molecule has 0 fully saturated rings. The fourth-order valence-corrected chi connectivity index (χ4v) is 4.99. The summed E-state index contributed by atoms with van der Waals surface area (Å²) in [7, 11) is 0. The minimum absolute atomic E-state index is 0.0513. The van der Waals surface area contributed by atoms with E-state index in [0.29, 0.717) is 40.0 Å². The van der Waals surface area contributed by atoms with E-state index < -0.39 is 5.91 Å². The lowest BCUT2D eigenvalue weighted by molar-refractivity contribution is 0.100. The predicted octanol–water partition coefficient (Wildman–Crippen LogP) is 6.94. The van der Waals surface area contributed by atoms with Crippen LogP contribution >= 0.6 is 0 Å². The van der Waals surface area contributed by atoms with Crippen LogP contribution in [0.1, 0.15) is 51.1 Å². The molecule has 0 aliphatic rings. The molecule has 1 atom stereocenters. The Hall–Kier alpha value is -4.64. The van der Waals surface area contributed by atoms with Crippen LogP contribution < -0.4 is 16.5 Å². The van der Waals surface area contributed by atoms with Crippen LogP contribution in [-0.4, -0.2) is 5.91 Å². The number of nitrogens with one attached hydrogen (secondary N) is 1. The van der Waals surface area contributed by atoms with Crippen LogP contribution in [0.2, 0.25) is 0 Å². The van der Waals surface area contributed by atoms with E-state index in [1.807, 2.05) is 86.6 Å². The van der Waals surface area contributed by atoms with Crippen molar-refractivity contribution in [1.82, 2.24) is 0 Å². The highest BCUT2D eigenvalue weighted by atomic mass is 16.3. The van der Waals surface area contributed by atoms with Gasteiger partial charge in [0.1, 0.15) is 11.3 Å². The van der Waals surface area contributed by atoms with Gasteiger partial charge >= 0.3 is 0 Å². The zero-order chi connectivity index (χ0) is 26.8. The van der Waals surface area contributed by atoms with Gasteiger partial charge in [-0.05, 0) is 56.0 Å². The minimum atomic E-state index is -0.503. The van der Waals surface area contributed by atoms with E-state index in [0.717, 1.165) is 27.8 Å². The number of aryl methyl sites for hydroxylation is 1. The number of anilines is 1. The average molecular weight is 503 g/mol. The van der Waals surface area contributed by atoms with Gasteiger partial charge in [-0.2, -0.15) is 0 Å². The third-order valence-electron chi connectivity index (χ3n) is 6.91. The smallest absolute Gasteiger partial charge is 0.250 e. The molecule has 0 bridgehead atoms. The van der Waals surface area contributed by atoms with Crippen molar-refractivity contribution in [3.63, 3.8) is 0 Å². The monoisotopic (exact) mass is 502 g/mol. The van der Waals surface area contributed by atoms with Crippen molar-refractivity contribution in [3.05, 3.63) is 135 Å². The number of carbonyl (C=O) groups excluding carboxylic acids is 1. The zero-order valence-electron chi connectivity index (χ0n) is 21.7. The molecule has 0 spiro atoms. The molecule has 4 aromatic carbocycles. The van der Waals surface area contributed by atoms with Crippen LogP contribution in [0.3, 0.4) is 0 Å². The van der Waals surface area contributed by atoms with Gasteiger partial charge in [0.25, 0.3) is 5.91 Å². The molecule has 5 rings (SSSR count). The first-order valence-electron chi connectivity index (χ1n) is 12.7. The van der Waals surface area contributed by atoms with Crippen LogP contribution in [0.5, 0.6) is 0 Å². The summed E-state index contributed by atoms with van der Waals surface area (Å²) in [5, 5.41) is 4.09. The maximum absolute atomic E-state index is 13.5. The first-order valence-corrected chi connectivity index (χ1v) is 12.7. The molecule has 0 aliphatic carbocycles. The van der Waals surface area contributed by atoms with E-state index >= 15 is 0 Å². The quantitative estimate of drug-likeness (QED) is 0.252. The summed E-state index contributed by atoms with van der Waals surface area (Å²) in [5.74, 6) is 0.0555. The van der Waals surface area contributed by atoms with Crippen molar-refractivity contribution in [2.75, 3.05) is 5.32 Å². The molecular weight excluding hydrogens is 472 g/mol. The van der Waals surface area contributed by atoms with Gasteiger partial charge in [0.2, 0.25) is 0 Å². The van der Waals surface area contributed by atoms with Crippen molar-refractivity contribution >= 4 is 22.6 Å². The Morgan fingerprint density at radius 3 is 2.29 bits per heavy atom. The summed E-state index contributed by atoms with van der Waals surface area (Å²) in [4.78, 5) is 25.9. The number of nitrogens with two attached hydrogens (primary N) is 1. The molecule has 0 unspecified atom stereocenters. The third kappa shape index (κ3) is 4.83. The number of primary amides is 1. The Balaban J connectivity index is 1.64. The number of amides is 1. The second-order valence-corrected chi connectivity index (χ2v) is 9.71. The summed E-state index contributed by atoms with van der Waals surface area (Å²) < 4.78 is 6.48. The second kappa shape index (κ2) is 10.4. The summed E-state index contributed by atoms with van der Waals surface area (Å²) in [6, 6.07) is 28.9. The fourth-order valence-electron chi connectivity index (χ4n) is 4.99. The third-order valence-corrected chi connectivity index (χ3v) is 6.91.